The summed E-state index contributed by atoms with van der Waals surface area (Å²) in [5, 5.41) is 0. The Morgan fingerprint density at radius 3 is 2.35 bits per heavy atom. The van der Waals surface area contributed by atoms with Crippen molar-refractivity contribution in [2.24, 2.45) is 5.92 Å². The zero-order chi connectivity index (χ0) is 17.3. The SMILES string of the molecule is C/C(=C\CCC1(C)OCCO1)CCC/C(C)=C/C(=O)CC(C)C. The minimum absolute atomic E-state index is 0.259. The Labute approximate surface area is 142 Å². The molecule has 1 aliphatic rings. The molecule has 0 N–H and O–H groups in total. The van der Waals surface area contributed by atoms with Crippen LogP contribution < -0.4 is 0 Å². The maximum Gasteiger partial charge on any atom is 0.166 e. The second-order valence-corrected chi connectivity index (χ2v) is 7.33. The molecule has 0 aromatic carbocycles. The maximum atomic E-state index is 11.7. The molecule has 0 spiro atoms. The van der Waals surface area contributed by atoms with Crippen molar-refractivity contribution in [3.63, 3.8) is 0 Å². The van der Waals surface area contributed by atoms with Crippen LogP contribution in [0.3, 0.4) is 0 Å². The van der Waals surface area contributed by atoms with E-state index >= 15 is 0 Å². The number of ketones is 1. The molecule has 1 aliphatic heterocycles. The number of carbonyl (C=O) groups is 1. The molecule has 0 aromatic rings. The van der Waals surface area contributed by atoms with Gasteiger partial charge in [-0.25, -0.2) is 0 Å². The summed E-state index contributed by atoms with van der Waals surface area (Å²) < 4.78 is 11.2. The van der Waals surface area contributed by atoms with Crippen LogP contribution >= 0.6 is 0 Å². The van der Waals surface area contributed by atoms with Crippen LogP contribution in [0.25, 0.3) is 0 Å². The van der Waals surface area contributed by atoms with Crippen molar-refractivity contribution < 1.29 is 14.3 Å². The number of ether oxygens (including phenoxy) is 2. The lowest BCUT2D eigenvalue weighted by Gasteiger charge is -2.21. The Morgan fingerprint density at radius 2 is 1.74 bits per heavy atom. The van der Waals surface area contributed by atoms with Crippen LogP contribution in [0.2, 0.25) is 0 Å². The molecular weight excluding hydrogens is 288 g/mol. The van der Waals surface area contributed by atoms with E-state index in [2.05, 4.69) is 33.8 Å². The predicted molar refractivity (Wildman–Crippen MR) is 95.4 cm³/mol. The van der Waals surface area contributed by atoms with Crippen molar-refractivity contribution in [3.05, 3.63) is 23.3 Å². The monoisotopic (exact) mass is 322 g/mol. The number of hydrogen-bond donors (Lipinski definition) is 0. The summed E-state index contributed by atoms with van der Waals surface area (Å²) in [6.07, 6.45) is 9.86. The van der Waals surface area contributed by atoms with Gasteiger partial charge in [-0.3, -0.25) is 4.79 Å². The van der Waals surface area contributed by atoms with Gasteiger partial charge in [-0.05, 0) is 58.4 Å². The zero-order valence-electron chi connectivity index (χ0n) is 15.6. The minimum Gasteiger partial charge on any atom is -0.348 e. The van der Waals surface area contributed by atoms with Crippen LogP contribution in [0.5, 0.6) is 0 Å². The average molecular weight is 322 g/mol. The highest BCUT2D eigenvalue weighted by Gasteiger charge is 2.29. The normalized spacial score (nSPS) is 18.7. The molecule has 0 saturated carbocycles. The summed E-state index contributed by atoms with van der Waals surface area (Å²) in [6.45, 7) is 11.8. The largest absolute Gasteiger partial charge is 0.348 e. The fourth-order valence-electron chi connectivity index (χ4n) is 2.84. The van der Waals surface area contributed by atoms with Gasteiger partial charge in [-0.2, -0.15) is 0 Å². The molecule has 23 heavy (non-hydrogen) atoms. The second-order valence-electron chi connectivity index (χ2n) is 7.33. The lowest BCUT2D eigenvalue weighted by atomic mass is 10.0. The van der Waals surface area contributed by atoms with E-state index in [0.717, 1.165) is 32.1 Å². The van der Waals surface area contributed by atoms with Crippen molar-refractivity contribution >= 4 is 5.78 Å². The summed E-state index contributed by atoms with van der Waals surface area (Å²) in [6, 6.07) is 0. The molecule has 0 bridgehead atoms. The highest BCUT2D eigenvalue weighted by atomic mass is 16.7. The number of rotatable bonds is 10. The number of allylic oxidation sites excluding steroid dienone is 4. The minimum atomic E-state index is -0.382. The van der Waals surface area contributed by atoms with E-state index in [1.54, 1.807) is 0 Å². The van der Waals surface area contributed by atoms with Crippen molar-refractivity contribution in [1.82, 2.24) is 0 Å². The first-order valence-electron chi connectivity index (χ1n) is 8.94. The Morgan fingerprint density at radius 1 is 1.13 bits per heavy atom. The van der Waals surface area contributed by atoms with Crippen LogP contribution in [0.15, 0.2) is 23.3 Å². The highest BCUT2D eigenvalue weighted by Crippen LogP contribution is 2.24. The first-order valence-corrected chi connectivity index (χ1v) is 8.94. The van der Waals surface area contributed by atoms with Crippen molar-refractivity contribution in [2.75, 3.05) is 13.2 Å². The molecule has 1 rings (SSSR count). The van der Waals surface area contributed by atoms with Crippen LogP contribution in [0, 0.1) is 5.92 Å². The van der Waals surface area contributed by atoms with Crippen molar-refractivity contribution in [1.29, 1.82) is 0 Å². The number of carbonyl (C=O) groups excluding carboxylic acids is 1. The van der Waals surface area contributed by atoms with Crippen LogP contribution in [-0.4, -0.2) is 24.8 Å². The van der Waals surface area contributed by atoms with Gasteiger partial charge in [0.1, 0.15) is 0 Å². The molecule has 0 aromatic heterocycles. The van der Waals surface area contributed by atoms with E-state index in [1.807, 2.05) is 13.0 Å². The molecule has 1 fully saturated rings. The quantitative estimate of drug-likeness (QED) is 0.409. The van der Waals surface area contributed by atoms with Gasteiger partial charge in [0.25, 0.3) is 0 Å². The fourth-order valence-corrected chi connectivity index (χ4v) is 2.84. The van der Waals surface area contributed by atoms with Gasteiger partial charge in [-0.1, -0.05) is 31.1 Å². The van der Waals surface area contributed by atoms with Gasteiger partial charge in [0.05, 0.1) is 13.2 Å². The van der Waals surface area contributed by atoms with E-state index < -0.39 is 0 Å². The van der Waals surface area contributed by atoms with E-state index in [-0.39, 0.29) is 11.6 Å². The standard InChI is InChI=1S/C20H34O3/c1-16(2)14-19(21)15-18(4)9-6-8-17(3)10-7-11-20(5)22-12-13-23-20/h10,15-16H,6-9,11-14H2,1-5H3/b17-10+,18-15+. The topological polar surface area (TPSA) is 35.5 Å². The highest BCUT2D eigenvalue weighted by molar-refractivity contribution is 5.90. The molecular formula is C20H34O3. The van der Waals surface area contributed by atoms with Gasteiger partial charge in [0.15, 0.2) is 11.6 Å². The Balaban J connectivity index is 2.22. The van der Waals surface area contributed by atoms with E-state index in [9.17, 15) is 4.79 Å². The fraction of sp³-hybridized carbons (Fsp3) is 0.750. The molecule has 0 atom stereocenters. The molecule has 3 heteroatoms. The first-order chi connectivity index (χ1) is 10.8. The molecule has 3 nitrogen and oxygen atoms in total. The molecule has 0 unspecified atom stereocenters. The summed E-state index contributed by atoms with van der Waals surface area (Å²) in [4.78, 5) is 11.7. The molecule has 0 amide bonds. The Hall–Kier alpha value is -0.930. The van der Waals surface area contributed by atoms with Gasteiger partial charge in [-0.15, -0.1) is 0 Å². The molecule has 132 valence electrons. The summed E-state index contributed by atoms with van der Waals surface area (Å²) in [5.74, 6) is 0.313. The van der Waals surface area contributed by atoms with E-state index in [4.69, 9.17) is 9.47 Å². The molecule has 0 radical (unpaired) electrons. The van der Waals surface area contributed by atoms with Crippen molar-refractivity contribution in [3.8, 4) is 0 Å². The Kier molecular flexibility index (Phi) is 8.78. The van der Waals surface area contributed by atoms with E-state index in [1.165, 1.54) is 11.1 Å². The lowest BCUT2D eigenvalue weighted by Crippen LogP contribution is -2.24. The Bertz CT molecular complexity index is 426. The maximum absolute atomic E-state index is 11.7. The lowest BCUT2D eigenvalue weighted by molar-refractivity contribution is -0.145. The van der Waals surface area contributed by atoms with Gasteiger partial charge in [0.2, 0.25) is 0 Å². The number of hydrogen-bond acceptors (Lipinski definition) is 3. The first kappa shape index (κ1) is 20.1. The smallest absolute Gasteiger partial charge is 0.166 e. The van der Waals surface area contributed by atoms with Gasteiger partial charge in [0, 0.05) is 12.8 Å². The van der Waals surface area contributed by atoms with Gasteiger partial charge >= 0.3 is 0 Å². The third-order valence-electron chi connectivity index (χ3n) is 4.15. The summed E-state index contributed by atoms with van der Waals surface area (Å²) in [7, 11) is 0. The third kappa shape index (κ3) is 9.07. The zero-order valence-corrected chi connectivity index (χ0v) is 15.6. The van der Waals surface area contributed by atoms with E-state index in [0.29, 0.717) is 25.6 Å². The van der Waals surface area contributed by atoms with Crippen LogP contribution in [0.4, 0.5) is 0 Å². The second kappa shape index (κ2) is 10.0. The molecule has 0 aliphatic carbocycles. The molecule has 1 saturated heterocycles. The van der Waals surface area contributed by atoms with Crippen LogP contribution in [0.1, 0.15) is 73.1 Å². The average Bonchev–Trinajstić information content (AvgIpc) is 2.84. The van der Waals surface area contributed by atoms with Crippen LogP contribution in [-0.2, 0) is 14.3 Å². The van der Waals surface area contributed by atoms with Crippen molar-refractivity contribution in [2.45, 2.75) is 78.9 Å². The predicted octanol–water partition coefficient (Wildman–Crippen LogP) is 5.21. The molecule has 1 heterocycles. The summed E-state index contributed by atoms with van der Waals surface area (Å²) in [5.41, 5.74) is 2.61. The van der Waals surface area contributed by atoms with Gasteiger partial charge < -0.3 is 9.47 Å². The summed E-state index contributed by atoms with van der Waals surface area (Å²) >= 11 is 0. The third-order valence-corrected chi connectivity index (χ3v) is 4.15.